The molecule has 1 aliphatic heterocycles. The van der Waals surface area contributed by atoms with E-state index >= 15 is 0 Å². The summed E-state index contributed by atoms with van der Waals surface area (Å²) >= 11 is 0. The molecule has 0 spiro atoms. The Morgan fingerprint density at radius 1 is 1.03 bits per heavy atom. The van der Waals surface area contributed by atoms with Crippen LogP contribution in [0.5, 0.6) is 5.75 Å². The topological polar surface area (TPSA) is 99.4 Å². The van der Waals surface area contributed by atoms with Gasteiger partial charge in [-0.15, -0.1) is 0 Å². The quantitative estimate of drug-likeness (QED) is 0.424. The minimum Gasteiger partial charge on any atom is -0.493 e. The van der Waals surface area contributed by atoms with Gasteiger partial charge < -0.3 is 29.9 Å². The number of alkyl halides is 3. The summed E-state index contributed by atoms with van der Waals surface area (Å²) in [4.78, 5) is 0. The predicted molar refractivity (Wildman–Crippen MR) is 121 cm³/mol. The van der Waals surface area contributed by atoms with Crippen molar-refractivity contribution < 1.29 is 47.5 Å². The van der Waals surface area contributed by atoms with E-state index in [1.165, 1.54) is 25.1 Å². The molecule has 5 unspecified atom stereocenters. The molecule has 5 atom stereocenters. The maximum Gasteiger partial charge on any atom is 0.397 e. The summed E-state index contributed by atoms with van der Waals surface area (Å²) in [7, 11) is 0. The molecule has 2 fully saturated rings. The molecule has 6 nitrogen and oxygen atoms in total. The third kappa shape index (κ3) is 4.84. The Labute approximate surface area is 206 Å². The minimum atomic E-state index is -4.31. The fourth-order valence-corrected chi connectivity index (χ4v) is 4.85. The highest BCUT2D eigenvalue weighted by Gasteiger charge is 2.59. The first kappa shape index (κ1) is 26.8. The Balaban J connectivity index is 1.48. The van der Waals surface area contributed by atoms with Crippen LogP contribution in [-0.4, -0.2) is 64.2 Å². The maximum absolute atomic E-state index is 14.7. The van der Waals surface area contributed by atoms with Crippen LogP contribution in [0.4, 0.5) is 17.6 Å². The van der Waals surface area contributed by atoms with Crippen molar-refractivity contribution in [2.45, 2.75) is 68.8 Å². The van der Waals surface area contributed by atoms with E-state index in [2.05, 4.69) is 0 Å². The third-order valence-corrected chi connectivity index (χ3v) is 7.56. The fraction of sp³-hybridized carbons (Fsp3) is 0.538. The standard InChI is InChI=1S/C26H30F4O6/c1-24(23(34)22(33)21(32)20(13-31)36-24)17-5-8-19(27)16(12-17)11-15-3-6-18(7-4-15)35-14-25(9-2-10-25)26(28,29)30/h3-8,12,20-23,31-34H,2,9-11,13-14H2,1H3. The van der Waals surface area contributed by atoms with E-state index in [-0.39, 0.29) is 30.6 Å². The maximum atomic E-state index is 14.7. The van der Waals surface area contributed by atoms with Crippen LogP contribution < -0.4 is 4.74 Å². The molecule has 4 N–H and O–H groups in total. The van der Waals surface area contributed by atoms with Gasteiger partial charge in [-0.3, -0.25) is 0 Å². The average Bonchev–Trinajstić information content (AvgIpc) is 2.81. The van der Waals surface area contributed by atoms with Crippen molar-refractivity contribution in [3.63, 3.8) is 0 Å². The van der Waals surface area contributed by atoms with Crippen molar-refractivity contribution in [3.8, 4) is 5.75 Å². The SMILES string of the molecule is CC1(c2ccc(F)c(Cc3ccc(OCC4(C(F)(F)F)CCC4)cc3)c2)OC(CO)C(O)C(O)C1O. The van der Waals surface area contributed by atoms with Gasteiger partial charge in [-0.05, 0) is 60.7 Å². The summed E-state index contributed by atoms with van der Waals surface area (Å²) < 4.78 is 65.8. The molecule has 0 radical (unpaired) electrons. The fourth-order valence-electron chi connectivity index (χ4n) is 4.85. The van der Waals surface area contributed by atoms with Gasteiger partial charge in [0.15, 0.2) is 0 Å². The average molecular weight is 515 g/mol. The highest BCUT2D eigenvalue weighted by Crippen LogP contribution is 2.53. The third-order valence-electron chi connectivity index (χ3n) is 7.56. The molecule has 2 aromatic carbocycles. The molecule has 1 heterocycles. The number of benzene rings is 2. The van der Waals surface area contributed by atoms with Crippen molar-refractivity contribution in [2.75, 3.05) is 13.2 Å². The van der Waals surface area contributed by atoms with Gasteiger partial charge in [-0.2, -0.15) is 13.2 Å². The molecule has 0 aromatic heterocycles. The lowest BCUT2D eigenvalue weighted by molar-refractivity contribution is -0.273. The molecule has 1 saturated heterocycles. The van der Waals surface area contributed by atoms with Crippen molar-refractivity contribution >= 4 is 0 Å². The molecule has 0 amide bonds. The zero-order chi connectivity index (χ0) is 26.3. The van der Waals surface area contributed by atoms with Crippen LogP contribution in [0.2, 0.25) is 0 Å². The van der Waals surface area contributed by atoms with Gasteiger partial charge in [-0.1, -0.05) is 24.6 Å². The molecule has 10 heteroatoms. The first-order chi connectivity index (χ1) is 16.9. The Morgan fingerprint density at radius 2 is 1.69 bits per heavy atom. The Kier molecular flexibility index (Phi) is 7.38. The van der Waals surface area contributed by atoms with Crippen LogP contribution in [0.25, 0.3) is 0 Å². The smallest absolute Gasteiger partial charge is 0.397 e. The van der Waals surface area contributed by atoms with Gasteiger partial charge in [0.2, 0.25) is 0 Å². The zero-order valence-electron chi connectivity index (χ0n) is 19.7. The second-order valence-corrected chi connectivity index (χ2v) is 9.92. The van der Waals surface area contributed by atoms with E-state index in [1.54, 1.807) is 24.3 Å². The lowest BCUT2D eigenvalue weighted by atomic mass is 9.69. The second kappa shape index (κ2) is 9.90. The van der Waals surface area contributed by atoms with E-state index in [4.69, 9.17) is 9.47 Å². The Morgan fingerprint density at radius 3 is 2.25 bits per heavy atom. The van der Waals surface area contributed by atoms with Gasteiger partial charge >= 0.3 is 6.18 Å². The van der Waals surface area contributed by atoms with Crippen molar-refractivity contribution in [2.24, 2.45) is 5.41 Å². The Hall–Kier alpha value is -2.24. The lowest BCUT2D eigenvalue weighted by Crippen LogP contribution is -2.62. The van der Waals surface area contributed by atoms with Crippen LogP contribution in [-0.2, 0) is 16.8 Å². The van der Waals surface area contributed by atoms with Crippen LogP contribution in [0.3, 0.4) is 0 Å². The summed E-state index contributed by atoms with van der Waals surface area (Å²) in [5.41, 5.74) is -2.05. The van der Waals surface area contributed by atoms with E-state index in [1.807, 2.05) is 0 Å². The van der Waals surface area contributed by atoms with Gasteiger partial charge in [0.25, 0.3) is 0 Å². The molecule has 198 valence electrons. The summed E-state index contributed by atoms with van der Waals surface area (Å²) in [6.45, 7) is 0.449. The molecular formula is C26H30F4O6. The molecular weight excluding hydrogens is 484 g/mol. The van der Waals surface area contributed by atoms with E-state index in [9.17, 15) is 38.0 Å². The molecule has 2 aromatic rings. The number of aliphatic hydroxyl groups excluding tert-OH is 4. The van der Waals surface area contributed by atoms with E-state index in [0.717, 1.165) is 0 Å². The number of hydrogen-bond donors (Lipinski definition) is 4. The van der Waals surface area contributed by atoms with Gasteiger partial charge in [0.05, 0.1) is 12.0 Å². The predicted octanol–water partition coefficient (Wildman–Crippen LogP) is 3.22. The number of halogens is 4. The first-order valence-corrected chi connectivity index (χ1v) is 11.8. The lowest BCUT2D eigenvalue weighted by Gasteiger charge is -2.47. The second-order valence-electron chi connectivity index (χ2n) is 9.92. The molecule has 1 saturated carbocycles. The van der Waals surface area contributed by atoms with Gasteiger partial charge in [0.1, 0.15) is 48.2 Å². The highest BCUT2D eigenvalue weighted by atomic mass is 19.4. The van der Waals surface area contributed by atoms with Crippen LogP contribution >= 0.6 is 0 Å². The minimum absolute atomic E-state index is 0.0522. The number of rotatable bonds is 7. The summed E-state index contributed by atoms with van der Waals surface area (Å²) in [5, 5.41) is 40.4. The molecule has 36 heavy (non-hydrogen) atoms. The largest absolute Gasteiger partial charge is 0.493 e. The van der Waals surface area contributed by atoms with E-state index < -0.39 is 60.6 Å². The number of ether oxygens (including phenoxy) is 2. The summed E-state index contributed by atoms with van der Waals surface area (Å²) in [6.07, 6.45) is -9.32. The van der Waals surface area contributed by atoms with E-state index in [0.29, 0.717) is 17.5 Å². The summed E-state index contributed by atoms with van der Waals surface area (Å²) in [5.74, 6) is -0.235. The molecule has 1 aliphatic carbocycles. The highest BCUT2D eigenvalue weighted by molar-refractivity contribution is 5.36. The van der Waals surface area contributed by atoms with Gasteiger partial charge in [-0.25, -0.2) is 4.39 Å². The monoisotopic (exact) mass is 514 g/mol. The Bertz CT molecular complexity index is 1050. The summed E-state index contributed by atoms with van der Waals surface area (Å²) in [6, 6.07) is 10.4. The van der Waals surface area contributed by atoms with Crippen molar-refractivity contribution in [3.05, 3.63) is 65.0 Å². The van der Waals surface area contributed by atoms with Crippen molar-refractivity contribution in [1.82, 2.24) is 0 Å². The van der Waals surface area contributed by atoms with Crippen LogP contribution in [0, 0.1) is 11.2 Å². The van der Waals surface area contributed by atoms with Crippen LogP contribution in [0.1, 0.15) is 42.9 Å². The van der Waals surface area contributed by atoms with Crippen LogP contribution in [0.15, 0.2) is 42.5 Å². The normalized spacial score (nSPS) is 30.0. The number of hydrogen-bond acceptors (Lipinski definition) is 6. The zero-order valence-corrected chi connectivity index (χ0v) is 19.7. The van der Waals surface area contributed by atoms with Gasteiger partial charge in [0, 0.05) is 6.42 Å². The number of aliphatic hydroxyl groups is 4. The van der Waals surface area contributed by atoms with Crippen molar-refractivity contribution in [1.29, 1.82) is 0 Å². The molecule has 0 bridgehead atoms. The molecule has 4 rings (SSSR count). The molecule has 2 aliphatic rings. The first-order valence-electron chi connectivity index (χ1n) is 11.8.